The SMILES string of the molecule is OCc1cc2ccc(-c3cncnc3Nc3ccc4c(cnn4Cc4cccc(F)c4)c3)cc2o1. The quantitative estimate of drug-likeness (QED) is 0.330. The number of anilines is 2. The van der Waals surface area contributed by atoms with Crippen LogP contribution in [-0.4, -0.2) is 24.9 Å². The van der Waals surface area contributed by atoms with Crippen LogP contribution >= 0.6 is 0 Å². The van der Waals surface area contributed by atoms with Gasteiger partial charge in [-0.3, -0.25) is 4.68 Å². The summed E-state index contributed by atoms with van der Waals surface area (Å²) in [5.41, 5.74) is 5.05. The smallest absolute Gasteiger partial charge is 0.141 e. The third-order valence-corrected chi connectivity index (χ3v) is 5.88. The monoisotopic (exact) mass is 465 g/mol. The van der Waals surface area contributed by atoms with Crippen molar-refractivity contribution in [3.63, 3.8) is 0 Å². The van der Waals surface area contributed by atoms with Gasteiger partial charge in [-0.2, -0.15) is 5.10 Å². The van der Waals surface area contributed by atoms with Gasteiger partial charge in [0.1, 0.15) is 35.9 Å². The Morgan fingerprint density at radius 1 is 0.971 bits per heavy atom. The van der Waals surface area contributed by atoms with Gasteiger partial charge < -0.3 is 14.8 Å². The molecule has 0 saturated heterocycles. The molecule has 0 aliphatic heterocycles. The van der Waals surface area contributed by atoms with Crippen LogP contribution < -0.4 is 5.32 Å². The molecule has 0 saturated carbocycles. The van der Waals surface area contributed by atoms with Crippen LogP contribution in [0.25, 0.3) is 33.0 Å². The molecule has 6 rings (SSSR count). The van der Waals surface area contributed by atoms with Gasteiger partial charge >= 0.3 is 0 Å². The van der Waals surface area contributed by atoms with Crippen molar-refractivity contribution in [3.8, 4) is 11.1 Å². The van der Waals surface area contributed by atoms with Crippen molar-refractivity contribution in [2.24, 2.45) is 0 Å². The highest BCUT2D eigenvalue weighted by Crippen LogP contribution is 2.32. The van der Waals surface area contributed by atoms with Crippen molar-refractivity contribution in [2.45, 2.75) is 13.2 Å². The van der Waals surface area contributed by atoms with Crippen molar-refractivity contribution >= 4 is 33.4 Å². The van der Waals surface area contributed by atoms with Crippen molar-refractivity contribution in [1.82, 2.24) is 19.7 Å². The van der Waals surface area contributed by atoms with Crippen LogP contribution in [-0.2, 0) is 13.2 Å². The molecule has 3 aromatic heterocycles. The van der Waals surface area contributed by atoms with Gasteiger partial charge in [-0.25, -0.2) is 14.4 Å². The molecule has 0 fully saturated rings. The highest BCUT2D eigenvalue weighted by atomic mass is 19.1. The second kappa shape index (κ2) is 8.66. The van der Waals surface area contributed by atoms with Gasteiger partial charge in [0.15, 0.2) is 0 Å². The van der Waals surface area contributed by atoms with Crippen LogP contribution in [0, 0.1) is 5.82 Å². The zero-order valence-electron chi connectivity index (χ0n) is 18.5. The molecule has 6 aromatic rings. The van der Waals surface area contributed by atoms with Crippen LogP contribution in [0.1, 0.15) is 11.3 Å². The third kappa shape index (κ3) is 4.11. The summed E-state index contributed by atoms with van der Waals surface area (Å²) in [6.07, 6.45) is 5.04. The normalized spacial score (nSPS) is 11.4. The summed E-state index contributed by atoms with van der Waals surface area (Å²) < 4.78 is 21.1. The summed E-state index contributed by atoms with van der Waals surface area (Å²) in [5.74, 6) is 0.914. The molecule has 35 heavy (non-hydrogen) atoms. The summed E-state index contributed by atoms with van der Waals surface area (Å²) in [7, 11) is 0. The van der Waals surface area contributed by atoms with E-state index in [-0.39, 0.29) is 12.4 Å². The number of nitrogens with one attached hydrogen (secondary N) is 1. The van der Waals surface area contributed by atoms with E-state index < -0.39 is 0 Å². The number of benzene rings is 3. The highest BCUT2D eigenvalue weighted by Gasteiger charge is 2.12. The Bertz CT molecular complexity index is 1670. The largest absolute Gasteiger partial charge is 0.459 e. The lowest BCUT2D eigenvalue weighted by Crippen LogP contribution is -2.01. The van der Waals surface area contributed by atoms with Gasteiger partial charge in [0.05, 0.1) is 18.3 Å². The summed E-state index contributed by atoms with van der Waals surface area (Å²) in [6, 6.07) is 20.1. The first-order chi connectivity index (χ1) is 17.2. The average Bonchev–Trinajstić information content (AvgIpc) is 3.47. The summed E-state index contributed by atoms with van der Waals surface area (Å²) in [4.78, 5) is 8.65. The first kappa shape index (κ1) is 21.0. The van der Waals surface area contributed by atoms with E-state index in [0.717, 1.165) is 38.7 Å². The minimum absolute atomic E-state index is 0.146. The Kier molecular flexibility index (Phi) is 5.20. The van der Waals surface area contributed by atoms with E-state index in [1.54, 1.807) is 18.5 Å². The van der Waals surface area contributed by atoms with Gasteiger partial charge in [0, 0.05) is 28.2 Å². The molecule has 0 amide bonds. The maximum atomic E-state index is 13.6. The number of nitrogens with zero attached hydrogens (tertiary/aromatic N) is 4. The number of hydrogen-bond acceptors (Lipinski definition) is 6. The molecule has 0 unspecified atom stereocenters. The van der Waals surface area contributed by atoms with Crippen molar-refractivity contribution < 1.29 is 13.9 Å². The van der Waals surface area contributed by atoms with E-state index in [4.69, 9.17) is 4.42 Å². The molecular weight excluding hydrogens is 445 g/mol. The van der Waals surface area contributed by atoms with E-state index in [1.165, 1.54) is 18.5 Å². The van der Waals surface area contributed by atoms with Crippen LogP contribution in [0.15, 0.2) is 89.9 Å². The number of aromatic nitrogens is 4. The minimum Gasteiger partial charge on any atom is -0.459 e. The van der Waals surface area contributed by atoms with Crippen LogP contribution in [0.3, 0.4) is 0 Å². The Hall–Kier alpha value is -4.56. The number of hydrogen-bond donors (Lipinski definition) is 2. The van der Waals surface area contributed by atoms with Gasteiger partial charge in [0.2, 0.25) is 0 Å². The molecule has 0 aliphatic carbocycles. The fraction of sp³-hybridized carbons (Fsp3) is 0.0741. The number of aliphatic hydroxyl groups is 1. The zero-order chi connectivity index (χ0) is 23.8. The van der Waals surface area contributed by atoms with E-state index in [9.17, 15) is 9.50 Å². The maximum absolute atomic E-state index is 13.6. The number of fused-ring (bicyclic) bond motifs is 2. The van der Waals surface area contributed by atoms with Crippen molar-refractivity contribution in [1.29, 1.82) is 0 Å². The molecule has 0 spiro atoms. The zero-order valence-corrected chi connectivity index (χ0v) is 18.5. The predicted molar refractivity (Wildman–Crippen MR) is 132 cm³/mol. The summed E-state index contributed by atoms with van der Waals surface area (Å²) in [5, 5.41) is 19.1. The van der Waals surface area contributed by atoms with Gasteiger partial charge in [-0.1, -0.05) is 24.3 Å². The lowest BCUT2D eigenvalue weighted by atomic mass is 10.1. The molecule has 2 N–H and O–H groups in total. The molecule has 172 valence electrons. The van der Waals surface area contributed by atoms with E-state index >= 15 is 0 Å². The molecule has 7 nitrogen and oxygen atoms in total. The van der Waals surface area contributed by atoms with Crippen molar-refractivity contribution in [3.05, 3.63) is 103 Å². The minimum atomic E-state index is -0.258. The lowest BCUT2D eigenvalue weighted by molar-refractivity contribution is 0.251. The molecule has 0 atom stereocenters. The number of furan rings is 1. The Morgan fingerprint density at radius 3 is 2.80 bits per heavy atom. The van der Waals surface area contributed by atoms with Gasteiger partial charge in [0.25, 0.3) is 0 Å². The molecule has 0 bridgehead atoms. The summed E-state index contributed by atoms with van der Waals surface area (Å²) in [6.45, 7) is 0.337. The van der Waals surface area contributed by atoms with E-state index in [1.807, 2.05) is 53.2 Å². The molecule has 0 radical (unpaired) electrons. The first-order valence-electron chi connectivity index (χ1n) is 11.1. The van der Waals surface area contributed by atoms with Crippen molar-refractivity contribution in [2.75, 3.05) is 5.32 Å². The fourth-order valence-corrected chi connectivity index (χ4v) is 4.21. The maximum Gasteiger partial charge on any atom is 0.141 e. The fourth-order valence-electron chi connectivity index (χ4n) is 4.21. The molecule has 3 aromatic carbocycles. The van der Waals surface area contributed by atoms with E-state index in [0.29, 0.717) is 23.7 Å². The second-order valence-electron chi connectivity index (χ2n) is 8.24. The predicted octanol–water partition coefficient (Wildman–Crippen LogP) is 5.66. The average molecular weight is 465 g/mol. The molecule has 0 aliphatic rings. The van der Waals surface area contributed by atoms with E-state index in [2.05, 4.69) is 20.4 Å². The highest BCUT2D eigenvalue weighted by molar-refractivity contribution is 5.88. The lowest BCUT2D eigenvalue weighted by Gasteiger charge is -2.11. The number of halogens is 1. The standard InChI is InChI=1S/C27H20FN5O2/c28-21-3-1-2-17(8-21)14-33-25-7-6-22(9-20(25)12-31-33)32-27-24(13-29-16-30-27)18-4-5-19-10-23(15-34)35-26(19)11-18/h1-13,16,34H,14-15H2,(H,29,30,32). The Balaban J connectivity index is 1.30. The summed E-state index contributed by atoms with van der Waals surface area (Å²) >= 11 is 0. The topological polar surface area (TPSA) is 89.0 Å². The Labute approximate surface area is 199 Å². The Morgan fingerprint density at radius 2 is 1.91 bits per heavy atom. The molecule has 8 heteroatoms. The van der Waals surface area contributed by atoms with Crippen LogP contribution in [0.4, 0.5) is 15.9 Å². The molecule has 3 heterocycles. The number of rotatable bonds is 6. The molecular formula is C27H20FN5O2. The number of aliphatic hydroxyl groups excluding tert-OH is 1. The van der Waals surface area contributed by atoms with Crippen LogP contribution in [0.2, 0.25) is 0 Å². The second-order valence-corrected chi connectivity index (χ2v) is 8.24. The van der Waals surface area contributed by atoms with Crippen LogP contribution in [0.5, 0.6) is 0 Å². The van der Waals surface area contributed by atoms with Gasteiger partial charge in [-0.05, 0) is 53.6 Å². The third-order valence-electron chi connectivity index (χ3n) is 5.88. The first-order valence-corrected chi connectivity index (χ1v) is 11.1. The van der Waals surface area contributed by atoms with Gasteiger partial charge in [-0.15, -0.1) is 0 Å².